The van der Waals surface area contributed by atoms with Crippen LogP contribution in [-0.4, -0.2) is 38.9 Å². The summed E-state index contributed by atoms with van der Waals surface area (Å²) in [5, 5.41) is 5.09. The minimum absolute atomic E-state index is 0.171. The van der Waals surface area contributed by atoms with Crippen LogP contribution in [0.15, 0.2) is 17.5 Å². The fraction of sp³-hybridized carbons (Fsp3) is 0.600. The molecule has 1 unspecified atom stereocenters. The molecule has 1 aromatic rings. The Hall–Kier alpha value is -0.470. The number of thiophene rings is 1. The summed E-state index contributed by atoms with van der Waals surface area (Å²) in [7, 11) is -3.36. The zero-order valence-electron chi connectivity index (χ0n) is 9.72. The molecule has 7 heteroatoms. The van der Waals surface area contributed by atoms with E-state index < -0.39 is 10.2 Å². The Labute approximate surface area is 106 Å². The third kappa shape index (κ3) is 3.26. The summed E-state index contributed by atoms with van der Waals surface area (Å²) in [6, 6.07) is 3.69. The van der Waals surface area contributed by atoms with Gasteiger partial charge in [-0.2, -0.15) is 17.4 Å². The predicted octanol–water partition coefficient (Wildman–Crippen LogP) is 0.549. The lowest BCUT2D eigenvalue weighted by Gasteiger charge is -2.27. The summed E-state index contributed by atoms with van der Waals surface area (Å²) >= 11 is 1.56. The zero-order valence-corrected chi connectivity index (χ0v) is 11.4. The number of nitrogens with zero attached hydrogens (tertiary/aromatic N) is 1. The molecule has 1 aromatic heterocycles. The average molecular weight is 275 g/mol. The molecule has 2 rings (SSSR count). The van der Waals surface area contributed by atoms with Gasteiger partial charge in [0.1, 0.15) is 0 Å². The molecule has 2 heterocycles. The van der Waals surface area contributed by atoms with Gasteiger partial charge in [0, 0.05) is 31.1 Å². The van der Waals surface area contributed by atoms with Gasteiger partial charge in [0.05, 0.1) is 6.04 Å². The van der Waals surface area contributed by atoms with E-state index in [-0.39, 0.29) is 6.04 Å². The second-order valence-corrected chi connectivity index (χ2v) is 6.69. The molecule has 1 aliphatic rings. The van der Waals surface area contributed by atoms with Gasteiger partial charge in [0.15, 0.2) is 0 Å². The summed E-state index contributed by atoms with van der Waals surface area (Å²) in [4.78, 5) is 1.03. The fourth-order valence-electron chi connectivity index (χ4n) is 1.78. The Bertz CT molecular complexity index is 438. The normalized spacial score (nSPS) is 20.3. The maximum atomic E-state index is 12.1. The number of rotatable bonds is 4. The summed E-state index contributed by atoms with van der Waals surface area (Å²) in [6.45, 7) is 4.37. The van der Waals surface area contributed by atoms with Crippen LogP contribution in [0.5, 0.6) is 0 Å². The van der Waals surface area contributed by atoms with E-state index in [9.17, 15) is 8.42 Å². The number of piperazine rings is 1. The van der Waals surface area contributed by atoms with Crippen molar-refractivity contribution >= 4 is 21.5 Å². The maximum Gasteiger partial charge on any atom is 0.280 e. The highest BCUT2D eigenvalue weighted by Crippen LogP contribution is 2.19. The smallest absolute Gasteiger partial charge is 0.280 e. The van der Waals surface area contributed by atoms with Gasteiger partial charge in [-0.15, -0.1) is 11.3 Å². The van der Waals surface area contributed by atoms with E-state index in [0.29, 0.717) is 26.2 Å². The van der Waals surface area contributed by atoms with Crippen molar-refractivity contribution in [2.24, 2.45) is 0 Å². The van der Waals surface area contributed by atoms with Gasteiger partial charge in [-0.25, -0.2) is 0 Å². The first-order chi connectivity index (χ1) is 8.09. The van der Waals surface area contributed by atoms with Crippen LogP contribution in [0, 0.1) is 0 Å². The summed E-state index contributed by atoms with van der Waals surface area (Å²) in [5.74, 6) is 0. The van der Waals surface area contributed by atoms with E-state index >= 15 is 0 Å². The van der Waals surface area contributed by atoms with Gasteiger partial charge in [-0.3, -0.25) is 0 Å². The lowest BCUT2D eigenvalue weighted by Crippen LogP contribution is -2.50. The Morgan fingerprint density at radius 1 is 1.47 bits per heavy atom. The summed E-state index contributed by atoms with van der Waals surface area (Å²) in [6.07, 6.45) is 0. The van der Waals surface area contributed by atoms with Gasteiger partial charge in [-0.1, -0.05) is 6.07 Å². The van der Waals surface area contributed by atoms with Crippen molar-refractivity contribution in [3.05, 3.63) is 22.4 Å². The van der Waals surface area contributed by atoms with Gasteiger partial charge in [0.2, 0.25) is 0 Å². The fourth-order valence-corrected chi connectivity index (χ4v) is 3.97. The van der Waals surface area contributed by atoms with Gasteiger partial charge in [0.25, 0.3) is 10.2 Å². The van der Waals surface area contributed by atoms with Crippen LogP contribution in [0.25, 0.3) is 0 Å². The third-order valence-corrected chi connectivity index (χ3v) is 5.46. The number of hydrogen-bond donors (Lipinski definition) is 2. The molecule has 1 aliphatic heterocycles. The SMILES string of the molecule is CC(NS(=O)(=O)N1CCNCC1)c1cccs1. The molecule has 0 aromatic carbocycles. The van der Waals surface area contributed by atoms with Crippen molar-refractivity contribution in [2.75, 3.05) is 26.2 Å². The molecule has 0 saturated carbocycles. The minimum Gasteiger partial charge on any atom is -0.314 e. The molecule has 0 bridgehead atoms. The first-order valence-electron chi connectivity index (χ1n) is 5.61. The minimum atomic E-state index is -3.36. The van der Waals surface area contributed by atoms with Crippen molar-refractivity contribution < 1.29 is 8.42 Å². The molecule has 0 aliphatic carbocycles. The molecule has 2 N–H and O–H groups in total. The standard InChI is InChI=1S/C10H17N3O2S2/c1-9(10-3-2-8-16-10)12-17(14,15)13-6-4-11-5-7-13/h2-3,8-9,11-12H,4-7H2,1H3. The third-order valence-electron chi connectivity index (χ3n) is 2.71. The molecule has 0 amide bonds. The second kappa shape index (κ2) is 5.45. The Kier molecular flexibility index (Phi) is 4.16. The van der Waals surface area contributed by atoms with Crippen LogP contribution in [0.3, 0.4) is 0 Å². The Morgan fingerprint density at radius 2 is 2.18 bits per heavy atom. The van der Waals surface area contributed by atoms with Crippen molar-refractivity contribution in [1.82, 2.24) is 14.3 Å². The molecule has 0 spiro atoms. The van der Waals surface area contributed by atoms with E-state index in [0.717, 1.165) is 4.88 Å². The van der Waals surface area contributed by atoms with Gasteiger partial charge < -0.3 is 5.32 Å². The van der Waals surface area contributed by atoms with Crippen molar-refractivity contribution in [3.63, 3.8) is 0 Å². The van der Waals surface area contributed by atoms with E-state index in [1.807, 2.05) is 24.4 Å². The lowest BCUT2D eigenvalue weighted by molar-refractivity contribution is 0.352. The largest absolute Gasteiger partial charge is 0.314 e. The molecule has 96 valence electrons. The Morgan fingerprint density at radius 3 is 2.76 bits per heavy atom. The van der Waals surface area contributed by atoms with Crippen LogP contribution < -0.4 is 10.0 Å². The highest BCUT2D eigenvalue weighted by molar-refractivity contribution is 7.87. The molecule has 17 heavy (non-hydrogen) atoms. The van der Waals surface area contributed by atoms with Crippen LogP contribution in [0.1, 0.15) is 17.8 Å². The second-order valence-electron chi connectivity index (χ2n) is 4.01. The summed E-state index contributed by atoms with van der Waals surface area (Å²) in [5.41, 5.74) is 0. The van der Waals surface area contributed by atoms with Crippen LogP contribution in [0.2, 0.25) is 0 Å². The topological polar surface area (TPSA) is 61.4 Å². The molecule has 0 radical (unpaired) electrons. The quantitative estimate of drug-likeness (QED) is 0.843. The zero-order chi connectivity index (χ0) is 12.3. The van der Waals surface area contributed by atoms with Crippen LogP contribution in [-0.2, 0) is 10.2 Å². The maximum absolute atomic E-state index is 12.1. The van der Waals surface area contributed by atoms with Crippen molar-refractivity contribution in [1.29, 1.82) is 0 Å². The predicted molar refractivity (Wildman–Crippen MR) is 69.2 cm³/mol. The van der Waals surface area contributed by atoms with Crippen molar-refractivity contribution in [2.45, 2.75) is 13.0 Å². The number of hydrogen-bond acceptors (Lipinski definition) is 4. The molecule has 5 nitrogen and oxygen atoms in total. The molecule has 1 atom stereocenters. The molecular weight excluding hydrogens is 258 g/mol. The number of nitrogens with one attached hydrogen (secondary N) is 2. The molecule has 1 saturated heterocycles. The van der Waals surface area contributed by atoms with Gasteiger partial charge >= 0.3 is 0 Å². The highest BCUT2D eigenvalue weighted by Gasteiger charge is 2.25. The van der Waals surface area contributed by atoms with Crippen LogP contribution >= 0.6 is 11.3 Å². The van der Waals surface area contributed by atoms with E-state index in [1.54, 1.807) is 11.3 Å². The first-order valence-corrected chi connectivity index (χ1v) is 7.93. The monoisotopic (exact) mass is 275 g/mol. The Balaban J connectivity index is 2.01. The average Bonchev–Trinajstić information content (AvgIpc) is 2.83. The van der Waals surface area contributed by atoms with E-state index in [4.69, 9.17) is 0 Å². The summed E-state index contributed by atoms with van der Waals surface area (Å²) < 4.78 is 28.4. The lowest BCUT2D eigenvalue weighted by atomic mass is 10.3. The molecule has 1 fully saturated rings. The highest BCUT2D eigenvalue weighted by atomic mass is 32.2. The van der Waals surface area contributed by atoms with E-state index in [1.165, 1.54) is 4.31 Å². The van der Waals surface area contributed by atoms with Crippen molar-refractivity contribution in [3.8, 4) is 0 Å². The first kappa shape index (κ1) is 13.0. The van der Waals surface area contributed by atoms with Gasteiger partial charge in [-0.05, 0) is 18.4 Å². The van der Waals surface area contributed by atoms with E-state index in [2.05, 4.69) is 10.0 Å². The van der Waals surface area contributed by atoms with Crippen LogP contribution in [0.4, 0.5) is 0 Å². The molecular formula is C10H17N3O2S2.